The summed E-state index contributed by atoms with van der Waals surface area (Å²) < 4.78 is 39.9. The van der Waals surface area contributed by atoms with Gasteiger partial charge in [-0.3, -0.25) is 24.4 Å². The smallest absolute Gasteiger partial charge is 0.433 e. The topological polar surface area (TPSA) is 112 Å². The van der Waals surface area contributed by atoms with Crippen LogP contribution in [0.25, 0.3) is 0 Å². The van der Waals surface area contributed by atoms with E-state index >= 15 is 0 Å². The van der Waals surface area contributed by atoms with E-state index in [4.69, 9.17) is 10.1 Å². The molecule has 1 fully saturated rings. The Balaban J connectivity index is 1.74. The summed E-state index contributed by atoms with van der Waals surface area (Å²) >= 11 is 0. The SMILES string of the molecule is CC(C)(C)CC[C@H](c1ccc(C(=O)NCCC(=O)O)cc1)N1C(=O)C(c2ccc(C(F)(F)F)nc2)=NC12CCC(C(C)(C)C)CC2. The summed E-state index contributed by atoms with van der Waals surface area (Å²) in [5.74, 6) is -1.32. The molecule has 2 aromatic rings. The molecule has 1 aliphatic heterocycles. The summed E-state index contributed by atoms with van der Waals surface area (Å²) in [6.45, 7) is 13.0. The quantitative estimate of drug-likeness (QED) is 0.295. The molecule has 2 heterocycles. The fraction of sp³-hybridized carbons (Fsp3) is 0.571. The first-order chi connectivity index (χ1) is 21.3. The van der Waals surface area contributed by atoms with E-state index < -0.39 is 35.5 Å². The summed E-state index contributed by atoms with van der Waals surface area (Å²) in [6.07, 6.45) is 0.602. The average Bonchev–Trinajstić information content (AvgIpc) is 3.23. The van der Waals surface area contributed by atoms with Crippen LogP contribution in [-0.2, 0) is 15.8 Å². The third-order valence-electron chi connectivity index (χ3n) is 9.19. The van der Waals surface area contributed by atoms with Crippen LogP contribution in [-0.4, -0.2) is 50.7 Å². The predicted octanol–water partition coefficient (Wildman–Crippen LogP) is 7.44. The molecule has 0 saturated heterocycles. The number of nitrogens with zero attached hydrogens (tertiary/aromatic N) is 3. The lowest BCUT2D eigenvalue weighted by Crippen LogP contribution is -2.51. The first kappa shape index (κ1) is 35.1. The minimum atomic E-state index is -4.60. The van der Waals surface area contributed by atoms with Crippen molar-refractivity contribution in [2.24, 2.45) is 21.7 Å². The largest absolute Gasteiger partial charge is 0.481 e. The molecular formula is C35H45F3N4O4. The lowest BCUT2D eigenvalue weighted by atomic mass is 9.69. The highest BCUT2D eigenvalue weighted by atomic mass is 19.4. The molecule has 250 valence electrons. The molecule has 46 heavy (non-hydrogen) atoms. The molecular weight excluding hydrogens is 597 g/mol. The molecule has 1 saturated carbocycles. The van der Waals surface area contributed by atoms with Gasteiger partial charge in [-0.1, -0.05) is 53.7 Å². The molecule has 2 amide bonds. The molecule has 1 aromatic carbocycles. The highest BCUT2D eigenvalue weighted by molar-refractivity contribution is 6.46. The minimum absolute atomic E-state index is 0.00338. The summed E-state index contributed by atoms with van der Waals surface area (Å²) in [5, 5.41) is 11.5. The highest BCUT2D eigenvalue weighted by Crippen LogP contribution is 2.50. The number of hydrogen-bond donors (Lipinski definition) is 2. The van der Waals surface area contributed by atoms with Crippen molar-refractivity contribution >= 4 is 23.5 Å². The van der Waals surface area contributed by atoms with E-state index in [9.17, 15) is 27.6 Å². The van der Waals surface area contributed by atoms with Crippen molar-refractivity contribution in [2.75, 3.05) is 6.54 Å². The van der Waals surface area contributed by atoms with Gasteiger partial charge in [0.15, 0.2) is 0 Å². The number of benzene rings is 1. The third-order valence-corrected chi connectivity index (χ3v) is 9.19. The summed E-state index contributed by atoms with van der Waals surface area (Å²) in [6, 6.07) is 8.71. The van der Waals surface area contributed by atoms with Gasteiger partial charge < -0.3 is 15.3 Å². The van der Waals surface area contributed by atoms with Gasteiger partial charge in [0.05, 0.1) is 12.5 Å². The molecule has 8 nitrogen and oxygen atoms in total. The van der Waals surface area contributed by atoms with Crippen molar-refractivity contribution < 1.29 is 32.7 Å². The number of carboxylic acid groups (broad SMARTS) is 1. The predicted molar refractivity (Wildman–Crippen MR) is 169 cm³/mol. The van der Waals surface area contributed by atoms with Crippen LogP contribution in [0.1, 0.15) is 120 Å². The molecule has 0 radical (unpaired) electrons. The number of halogens is 3. The van der Waals surface area contributed by atoms with E-state index in [0.29, 0.717) is 30.7 Å². The van der Waals surface area contributed by atoms with Crippen LogP contribution in [0.2, 0.25) is 0 Å². The molecule has 4 rings (SSSR count). The molecule has 1 aromatic heterocycles. The Labute approximate surface area is 268 Å². The molecule has 0 unspecified atom stereocenters. The average molecular weight is 643 g/mol. The van der Waals surface area contributed by atoms with E-state index in [1.165, 1.54) is 6.07 Å². The van der Waals surface area contributed by atoms with E-state index in [1.807, 2.05) is 17.0 Å². The zero-order chi connectivity index (χ0) is 34.1. The number of aliphatic carboxylic acids is 1. The fourth-order valence-electron chi connectivity index (χ4n) is 6.49. The standard InChI is InChI=1S/C35H45F3N4O4/c1-32(2,3)17-15-26(22-7-9-23(10-8-22)30(45)39-20-16-28(43)44)42-31(46)29(24-11-12-27(40-21-24)35(36,37)38)41-34(42)18-13-25(14-19-34)33(4,5)6/h7-12,21,25-26H,13-20H2,1-6H3,(H,39,45)(H,43,44)/t25?,26-,34?/m1/s1. The number of pyridine rings is 1. The zero-order valence-corrected chi connectivity index (χ0v) is 27.5. The van der Waals surface area contributed by atoms with Crippen LogP contribution in [0.4, 0.5) is 13.2 Å². The highest BCUT2D eigenvalue weighted by Gasteiger charge is 2.53. The van der Waals surface area contributed by atoms with Crippen molar-refractivity contribution in [1.82, 2.24) is 15.2 Å². The normalized spacial score (nSPS) is 21.3. The lowest BCUT2D eigenvalue weighted by Gasteiger charge is -2.47. The molecule has 1 spiro atoms. The fourth-order valence-corrected chi connectivity index (χ4v) is 6.49. The molecule has 0 bridgehead atoms. The van der Waals surface area contributed by atoms with Gasteiger partial charge in [0.2, 0.25) is 0 Å². The maximum Gasteiger partial charge on any atom is 0.433 e. The second-order valence-electron chi connectivity index (χ2n) is 14.8. The number of carboxylic acids is 1. The van der Waals surface area contributed by atoms with E-state index in [-0.39, 0.29) is 41.0 Å². The van der Waals surface area contributed by atoms with Crippen LogP contribution in [0.5, 0.6) is 0 Å². The number of carbonyl (C=O) groups excluding carboxylic acids is 2. The number of aromatic nitrogens is 1. The number of amides is 2. The Morgan fingerprint density at radius 3 is 2.15 bits per heavy atom. The van der Waals surface area contributed by atoms with Crippen molar-refractivity contribution in [2.45, 2.75) is 104 Å². The Hall–Kier alpha value is -3.76. The summed E-state index contributed by atoms with van der Waals surface area (Å²) in [5.41, 5.74) is -0.328. The van der Waals surface area contributed by atoms with Gasteiger partial charge in [-0.2, -0.15) is 13.2 Å². The zero-order valence-electron chi connectivity index (χ0n) is 27.5. The van der Waals surface area contributed by atoms with Crippen molar-refractivity contribution in [3.63, 3.8) is 0 Å². The van der Waals surface area contributed by atoms with Gasteiger partial charge in [-0.05, 0) is 85.1 Å². The van der Waals surface area contributed by atoms with Crippen molar-refractivity contribution in [3.8, 4) is 0 Å². The Bertz CT molecular complexity index is 1450. The van der Waals surface area contributed by atoms with Crippen LogP contribution in [0.3, 0.4) is 0 Å². The van der Waals surface area contributed by atoms with Crippen LogP contribution in [0, 0.1) is 16.7 Å². The van der Waals surface area contributed by atoms with E-state index in [0.717, 1.165) is 37.1 Å². The van der Waals surface area contributed by atoms with E-state index in [1.54, 1.807) is 12.1 Å². The Kier molecular flexibility index (Phi) is 10.0. The maximum atomic E-state index is 14.5. The number of carbonyl (C=O) groups is 3. The van der Waals surface area contributed by atoms with Crippen molar-refractivity contribution in [1.29, 1.82) is 0 Å². The number of aliphatic imine (C=N–C) groups is 1. The van der Waals surface area contributed by atoms with Gasteiger partial charge in [0.25, 0.3) is 11.8 Å². The Morgan fingerprint density at radius 1 is 1.02 bits per heavy atom. The number of rotatable bonds is 9. The van der Waals surface area contributed by atoms with Gasteiger partial charge in [0.1, 0.15) is 17.1 Å². The number of hydrogen-bond acceptors (Lipinski definition) is 5. The maximum absolute atomic E-state index is 14.5. The van der Waals surface area contributed by atoms with Gasteiger partial charge in [-0.25, -0.2) is 0 Å². The van der Waals surface area contributed by atoms with Crippen LogP contribution in [0.15, 0.2) is 47.6 Å². The van der Waals surface area contributed by atoms with Gasteiger partial charge in [-0.15, -0.1) is 0 Å². The van der Waals surface area contributed by atoms with Crippen LogP contribution >= 0.6 is 0 Å². The Morgan fingerprint density at radius 2 is 1.65 bits per heavy atom. The second kappa shape index (κ2) is 13.2. The lowest BCUT2D eigenvalue weighted by molar-refractivity contribution is -0.141. The second-order valence-corrected chi connectivity index (χ2v) is 14.8. The van der Waals surface area contributed by atoms with E-state index in [2.05, 4.69) is 51.8 Å². The number of nitrogens with one attached hydrogen (secondary N) is 1. The monoisotopic (exact) mass is 642 g/mol. The minimum Gasteiger partial charge on any atom is -0.481 e. The third kappa shape index (κ3) is 8.14. The molecule has 1 atom stereocenters. The van der Waals surface area contributed by atoms with Crippen LogP contribution < -0.4 is 5.32 Å². The first-order valence-corrected chi connectivity index (χ1v) is 15.9. The molecule has 11 heteroatoms. The number of alkyl halides is 3. The van der Waals surface area contributed by atoms with Gasteiger partial charge >= 0.3 is 12.1 Å². The molecule has 1 aliphatic carbocycles. The first-order valence-electron chi connectivity index (χ1n) is 15.9. The van der Waals surface area contributed by atoms with Gasteiger partial charge in [0, 0.05) is 23.9 Å². The molecule has 2 aliphatic rings. The summed E-state index contributed by atoms with van der Waals surface area (Å²) in [7, 11) is 0. The van der Waals surface area contributed by atoms with Crippen molar-refractivity contribution in [3.05, 3.63) is 65.0 Å². The summed E-state index contributed by atoms with van der Waals surface area (Å²) in [4.78, 5) is 48.5. The molecule has 2 N–H and O–H groups in total.